The standard InChI is InChI=1S/C17H16BrN3O4S2/c1-3-27(24,25)14-7-5-4-6-11(14)10-21-15-12(8-13(18)16(21)22)9-19-17(20-15)26(2)23/h4-9H,3,10H2,1-2H3. The maximum Gasteiger partial charge on any atom is 0.266 e. The lowest BCUT2D eigenvalue weighted by Gasteiger charge is -2.14. The van der Waals surface area contributed by atoms with Gasteiger partial charge < -0.3 is 0 Å². The normalized spacial score (nSPS) is 13.0. The summed E-state index contributed by atoms with van der Waals surface area (Å²) >= 11 is 3.23. The third-order valence-electron chi connectivity index (χ3n) is 4.03. The second-order valence-corrected chi connectivity index (χ2v) is 10.2. The maximum absolute atomic E-state index is 12.7. The lowest BCUT2D eigenvalue weighted by Crippen LogP contribution is -2.24. The number of aromatic nitrogens is 3. The summed E-state index contributed by atoms with van der Waals surface area (Å²) in [5.74, 6) is -0.0424. The van der Waals surface area contributed by atoms with Gasteiger partial charge >= 0.3 is 0 Å². The molecule has 0 spiro atoms. The zero-order valence-corrected chi connectivity index (χ0v) is 17.8. The molecule has 10 heteroatoms. The molecule has 0 aliphatic rings. The second-order valence-electron chi connectivity index (χ2n) is 5.78. The molecule has 0 fully saturated rings. The van der Waals surface area contributed by atoms with Crippen molar-refractivity contribution in [3.05, 3.63) is 56.9 Å². The van der Waals surface area contributed by atoms with E-state index in [2.05, 4.69) is 25.9 Å². The first-order valence-electron chi connectivity index (χ1n) is 7.94. The van der Waals surface area contributed by atoms with E-state index in [1.807, 2.05) is 0 Å². The van der Waals surface area contributed by atoms with Crippen molar-refractivity contribution in [2.75, 3.05) is 12.0 Å². The van der Waals surface area contributed by atoms with Crippen LogP contribution in [0, 0.1) is 0 Å². The van der Waals surface area contributed by atoms with Crippen LogP contribution in [0.25, 0.3) is 11.0 Å². The molecule has 2 heterocycles. The zero-order valence-electron chi connectivity index (χ0n) is 14.5. The highest BCUT2D eigenvalue weighted by molar-refractivity contribution is 9.10. The molecule has 0 saturated heterocycles. The molecule has 0 aliphatic carbocycles. The highest BCUT2D eigenvalue weighted by Gasteiger charge is 2.18. The van der Waals surface area contributed by atoms with Gasteiger partial charge in [-0.1, -0.05) is 25.1 Å². The highest BCUT2D eigenvalue weighted by Crippen LogP contribution is 2.21. The highest BCUT2D eigenvalue weighted by atomic mass is 79.9. The molecule has 142 valence electrons. The van der Waals surface area contributed by atoms with E-state index in [9.17, 15) is 17.4 Å². The summed E-state index contributed by atoms with van der Waals surface area (Å²) in [4.78, 5) is 21.2. The van der Waals surface area contributed by atoms with Crippen LogP contribution in [-0.2, 0) is 27.2 Å². The monoisotopic (exact) mass is 469 g/mol. The number of sulfone groups is 1. The molecule has 0 amide bonds. The Kier molecular flexibility index (Phi) is 5.59. The van der Waals surface area contributed by atoms with Gasteiger partial charge in [0.05, 0.1) is 32.5 Å². The minimum Gasteiger partial charge on any atom is -0.287 e. The number of nitrogens with zero attached hydrogens (tertiary/aromatic N) is 3. The van der Waals surface area contributed by atoms with Gasteiger partial charge in [0.2, 0.25) is 5.16 Å². The lowest BCUT2D eigenvalue weighted by atomic mass is 10.2. The summed E-state index contributed by atoms with van der Waals surface area (Å²) in [7, 11) is -4.87. The molecule has 27 heavy (non-hydrogen) atoms. The van der Waals surface area contributed by atoms with Crippen molar-refractivity contribution in [2.24, 2.45) is 0 Å². The van der Waals surface area contributed by atoms with Gasteiger partial charge in [-0.15, -0.1) is 0 Å². The Morgan fingerprint density at radius 1 is 1.26 bits per heavy atom. The molecule has 3 rings (SSSR count). The second kappa shape index (κ2) is 7.61. The van der Waals surface area contributed by atoms with E-state index in [4.69, 9.17) is 0 Å². The molecule has 0 bridgehead atoms. The van der Waals surface area contributed by atoms with E-state index >= 15 is 0 Å². The number of fused-ring (bicyclic) bond motifs is 1. The summed E-state index contributed by atoms with van der Waals surface area (Å²) in [6, 6.07) is 8.15. The van der Waals surface area contributed by atoms with Gasteiger partial charge in [0.25, 0.3) is 5.56 Å². The van der Waals surface area contributed by atoms with Gasteiger partial charge in [0.1, 0.15) is 5.65 Å². The summed E-state index contributed by atoms with van der Waals surface area (Å²) in [6.45, 7) is 1.58. The fraction of sp³-hybridized carbons (Fsp3) is 0.235. The van der Waals surface area contributed by atoms with Crippen LogP contribution in [0.1, 0.15) is 12.5 Å². The van der Waals surface area contributed by atoms with Crippen molar-refractivity contribution in [1.29, 1.82) is 0 Å². The van der Waals surface area contributed by atoms with Crippen molar-refractivity contribution >= 4 is 47.6 Å². The van der Waals surface area contributed by atoms with Crippen molar-refractivity contribution < 1.29 is 12.6 Å². The van der Waals surface area contributed by atoms with Crippen molar-refractivity contribution in [3.63, 3.8) is 0 Å². The molecule has 2 aromatic heterocycles. The third-order valence-corrected chi connectivity index (χ3v) is 7.14. The topological polar surface area (TPSA) is 99.0 Å². The summed E-state index contributed by atoms with van der Waals surface area (Å²) < 4.78 is 38.2. The Hall–Kier alpha value is -1.91. The molecule has 1 atom stereocenters. The van der Waals surface area contributed by atoms with E-state index in [0.29, 0.717) is 21.1 Å². The predicted octanol–water partition coefficient (Wildman–Crippen LogP) is 2.13. The van der Waals surface area contributed by atoms with E-state index in [1.54, 1.807) is 31.2 Å². The molecule has 1 aromatic carbocycles. The molecular weight excluding hydrogens is 454 g/mol. The molecular formula is C17H16BrN3O4S2. The molecule has 0 aliphatic heterocycles. The van der Waals surface area contributed by atoms with Crippen LogP contribution in [0.5, 0.6) is 0 Å². The summed E-state index contributed by atoms with van der Waals surface area (Å²) in [5, 5.41) is 0.680. The van der Waals surface area contributed by atoms with Gasteiger partial charge in [-0.25, -0.2) is 18.4 Å². The van der Waals surface area contributed by atoms with Gasteiger partial charge in [-0.05, 0) is 33.6 Å². The van der Waals surface area contributed by atoms with E-state index in [-0.39, 0.29) is 27.9 Å². The number of halogens is 1. The fourth-order valence-electron chi connectivity index (χ4n) is 2.66. The minimum absolute atomic E-state index is 0.0109. The number of benzene rings is 1. The predicted molar refractivity (Wildman–Crippen MR) is 107 cm³/mol. The van der Waals surface area contributed by atoms with Crippen molar-refractivity contribution in [2.45, 2.75) is 23.5 Å². The number of hydrogen-bond acceptors (Lipinski definition) is 6. The Morgan fingerprint density at radius 2 is 1.96 bits per heavy atom. The SMILES string of the molecule is CCS(=O)(=O)c1ccccc1Cn1c(=O)c(Br)cc2cnc(S(C)=O)nc21. The summed E-state index contributed by atoms with van der Waals surface area (Å²) in [6.07, 6.45) is 2.94. The maximum atomic E-state index is 12.7. The van der Waals surface area contributed by atoms with E-state index in [1.165, 1.54) is 23.1 Å². The summed E-state index contributed by atoms with van der Waals surface area (Å²) in [5.41, 5.74) is 0.420. The third kappa shape index (κ3) is 3.87. The quantitative estimate of drug-likeness (QED) is 0.530. The lowest BCUT2D eigenvalue weighted by molar-refractivity contribution is 0.595. The van der Waals surface area contributed by atoms with Crippen LogP contribution < -0.4 is 5.56 Å². The van der Waals surface area contributed by atoms with Gasteiger partial charge in [-0.3, -0.25) is 13.6 Å². The molecule has 7 nitrogen and oxygen atoms in total. The molecule has 0 saturated carbocycles. The molecule has 0 radical (unpaired) electrons. The van der Waals surface area contributed by atoms with Gasteiger partial charge in [0.15, 0.2) is 9.84 Å². The Morgan fingerprint density at radius 3 is 2.63 bits per heavy atom. The Bertz CT molecular complexity index is 1220. The van der Waals surface area contributed by atoms with Crippen LogP contribution in [0.4, 0.5) is 0 Å². The molecule has 3 aromatic rings. The largest absolute Gasteiger partial charge is 0.287 e. The van der Waals surface area contributed by atoms with Gasteiger partial charge in [-0.2, -0.15) is 0 Å². The minimum atomic E-state index is -3.46. The van der Waals surface area contributed by atoms with Crippen molar-refractivity contribution in [1.82, 2.24) is 14.5 Å². The van der Waals surface area contributed by atoms with Crippen molar-refractivity contribution in [3.8, 4) is 0 Å². The van der Waals surface area contributed by atoms with Crippen LogP contribution in [-0.4, -0.2) is 39.2 Å². The zero-order chi connectivity index (χ0) is 19.8. The molecule has 0 N–H and O–H groups in total. The number of pyridine rings is 1. The van der Waals surface area contributed by atoms with Crippen LogP contribution in [0.2, 0.25) is 0 Å². The first-order chi connectivity index (χ1) is 12.7. The number of hydrogen-bond donors (Lipinski definition) is 0. The number of rotatable bonds is 5. The van der Waals surface area contributed by atoms with Gasteiger partial charge in [0, 0.05) is 17.8 Å². The average Bonchev–Trinajstić information content (AvgIpc) is 2.65. The van der Waals surface area contributed by atoms with Crippen LogP contribution in [0.15, 0.2) is 55.8 Å². The first-order valence-corrected chi connectivity index (χ1v) is 11.9. The first kappa shape index (κ1) is 19.8. The fourth-order valence-corrected chi connectivity index (χ4v) is 4.66. The van der Waals surface area contributed by atoms with Crippen LogP contribution >= 0.6 is 15.9 Å². The Balaban J connectivity index is 2.27. The Labute approximate surface area is 167 Å². The molecule has 1 unspecified atom stereocenters. The average molecular weight is 470 g/mol. The van der Waals surface area contributed by atoms with E-state index < -0.39 is 20.6 Å². The smallest absolute Gasteiger partial charge is 0.266 e. The van der Waals surface area contributed by atoms with E-state index in [0.717, 1.165) is 0 Å². The van der Waals surface area contributed by atoms with Crippen LogP contribution in [0.3, 0.4) is 0 Å².